The zero-order chi connectivity index (χ0) is 12.6. The number of ether oxygens (including phenoxy) is 2. The lowest BCUT2D eigenvalue weighted by Gasteiger charge is -2.45. The molecule has 2 saturated heterocycles. The van der Waals surface area contributed by atoms with Crippen molar-refractivity contribution in [2.75, 3.05) is 11.9 Å². The Bertz CT molecular complexity index is 685. The van der Waals surface area contributed by atoms with Gasteiger partial charge in [-0.2, -0.15) is 0 Å². The van der Waals surface area contributed by atoms with E-state index in [0.717, 1.165) is 11.0 Å². The maximum atomic E-state index is 10.6. The summed E-state index contributed by atoms with van der Waals surface area (Å²) in [5.74, 6) is 0.698. The Hall–Kier alpha value is -1.63. The van der Waals surface area contributed by atoms with Gasteiger partial charge in [0.15, 0.2) is 5.72 Å². The number of rotatable bonds is 0. The van der Waals surface area contributed by atoms with E-state index < -0.39 is 12.0 Å². The monoisotopic (exact) mass is 259 g/mol. The van der Waals surface area contributed by atoms with Gasteiger partial charge in [-0.3, -0.25) is 0 Å². The van der Waals surface area contributed by atoms with Gasteiger partial charge < -0.3 is 24.5 Å². The number of anilines is 1. The lowest BCUT2D eigenvalue weighted by molar-refractivity contribution is -0.214. The molecule has 4 atom stereocenters. The SMILES string of the molecule is OC12C[C@@H]([C@H]3CO[C@@H]1O3)n1c(nc3ccccc31)N2. The van der Waals surface area contributed by atoms with E-state index in [1.54, 1.807) is 0 Å². The first-order valence-electron chi connectivity index (χ1n) is 6.49. The molecule has 5 rings (SSSR count). The van der Waals surface area contributed by atoms with Crippen molar-refractivity contribution in [2.45, 2.75) is 30.6 Å². The quantitative estimate of drug-likeness (QED) is 0.733. The van der Waals surface area contributed by atoms with Crippen molar-refractivity contribution in [3.63, 3.8) is 0 Å². The molecular weight excluding hydrogens is 246 g/mol. The highest BCUT2D eigenvalue weighted by Crippen LogP contribution is 2.47. The van der Waals surface area contributed by atoms with Crippen LogP contribution in [0.5, 0.6) is 0 Å². The summed E-state index contributed by atoms with van der Waals surface area (Å²) in [6.45, 7) is 0.519. The molecule has 0 amide bonds. The first kappa shape index (κ1) is 10.2. The van der Waals surface area contributed by atoms with Gasteiger partial charge in [-0.25, -0.2) is 4.98 Å². The Balaban J connectivity index is 1.79. The third kappa shape index (κ3) is 1.14. The van der Waals surface area contributed by atoms with Crippen molar-refractivity contribution in [1.29, 1.82) is 0 Å². The van der Waals surface area contributed by atoms with Crippen LogP contribution in [-0.2, 0) is 9.47 Å². The Labute approximate surface area is 108 Å². The Morgan fingerprint density at radius 2 is 2.32 bits per heavy atom. The molecule has 3 aliphatic rings. The molecule has 6 heteroatoms. The lowest BCUT2D eigenvalue weighted by atomic mass is 9.94. The molecule has 2 aromatic rings. The Morgan fingerprint density at radius 3 is 3.26 bits per heavy atom. The van der Waals surface area contributed by atoms with Crippen molar-refractivity contribution in [2.24, 2.45) is 0 Å². The van der Waals surface area contributed by atoms with E-state index in [0.29, 0.717) is 19.0 Å². The van der Waals surface area contributed by atoms with Crippen molar-refractivity contribution in [3.05, 3.63) is 24.3 Å². The van der Waals surface area contributed by atoms with Crippen LogP contribution < -0.4 is 5.32 Å². The van der Waals surface area contributed by atoms with Crippen LogP contribution in [0.25, 0.3) is 11.0 Å². The molecule has 2 fully saturated rings. The predicted molar refractivity (Wildman–Crippen MR) is 66.6 cm³/mol. The fourth-order valence-corrected chi connectivity index (χ4v) is 3.45. The molecule has 1 aromatic carbocycles. The number of hydrogen-bond acceptors (Lipinski definition) is 5. The molecule has 4 heterocycles. The minimum atomic E-state index is -1.17. The van der Waals surface area contributed by atoms with E-state index in [2.05, 4.69) is 14.9 Å². The summed E-state index contributed by atoms with van der Waals surface area (Å²) in [7, 11) is 0. The maximum Gasteiger partial charge on any atom is 0.206 e. The van der Waals surface area contributed by atoms with Crippen molar-refractivity contribution in [1.82, 2.24) is 9.55 Å². The number of hydrogen-bond donors (Lipinski definition) is 2. The maximum absolute atomic E-state index is 10.6. The summed E-state index contributed by atoms with van der Waals surface area (Å²) >= 11 is 0. The summed E-state index contributed by atoms with van der Waals surface area (Å²) in [4.78, 5) is 4.56. The second kappa shape index (κ2) is 3.09. The van der Waals surface area contributed by atoms with E-state index in [1.807, 2.05) is 24.3 Å². The largest absolute Gasteiger partial charge is 0.366 e. The summed E-state index contributed by atoms with van der Waals surface area (Å²) in [6.07, 6.45) is -0.0265. The zero-order valence-corrected chi connectivity index (χ0v) is 10.1. The van der Waals surface area contributed by atoms with Gasteiger partial charge in [-0.15, -0.1) is 0 Å². The summed E-state index contributed by atoms with van der Waals surface area (Å²) in [5.41, 5.74) is 0.818. The van der Waals surface area contributed by atoms with Gasteiger partial charge in [-0.05, 0) is 12.1 Å². The molecule has 1 unspecified atom stereocenters. The number of aliphatic hydroxyl groups is 1. The molecule has 6 nitrogen and oxygen atoms in total. The van der Waals surface area contributed by atoms with E-state index in [9.17, 15) is 5.11 Å². The van der Waals surface area contributed by atoms with Gasteiger partial charge in [0, 0.05) is 6.42 Å². The van der Waals surface area contributed by atoms with Crippen LogP contribution in [0.3, 0.4) is 0 Å². The predicted octanol–water partition coefficient (Wildman–Crippen LogP) is 0.837. The smallest absolute Gasteiger partial charge is 0.206 e. The molecule has 0 saturated carbocycles. The number of para-hydroxylation sites is 2. The Kier molecular flexibility index (Phi) is 1.66. The molecule has 2 N–H and O–H groups in total. The van der Waals surface area contributed by atoms with E-state index in [-0.39, 0.29) is 12.1 Å². The average Bonchev–Trinajstić information content (AvgIpc) is 2.99. The van der Waals surface area contributed by atoms with Gasteiger partial charge >= 0.3 is 0 Å². The lowest BCUT2D eigenvalue weighted by Crippen LogP contribution is -2.58. The molecule has 4 bridgehead atoms. The number of fused-ring (bicyclic) bond motifs is 10. The standard InChI is InChI=1S/C13H13N3O3/c17-13-5-9(10-6-18-11(13)19-10)16-8-4-2-1-3-7(8)14-12(16)15-13/h1-4,9-11,17H,5-6H2,(H,14,15)/t9-,10+,11+,13?/m0/s1. The Morgan fingerprint density at radius 1 is 1.42 bits per heavy atom. The van der Waals surface area contributed by atoms with Crippen LogP contribution >= 0.6 is 0 Å². The fourth-order valence-electron chi connectivity index (χ4n) is 3.45. The highest BCUT2D eigenvalue weighted by Gasteiger charge is 2.57. The highest BCUT2D eigenvalue weighted by atomic mass is 16.7. The molecule has 0 aliphatic carbocycles. The highest BCUT2D eigenvalue weighted by molar-refractivity contribution is 5.79. The van der Waals surface area contributed by atoms with E-state index in [1.165, 1.54) is 0 Å². The fraction of sp³-hybridized carbons (Fsp3) is 0.462. The van der Waals surface area contributed by atoms with Gasteiger partial charge in [0.05, 0.1) is 23.7 Å². The molecule has 0 radical (unpaired) electrons. The topological polar surface area (TPSA) is 68.5 Å². The van der Waals surface area contributed by atoms with E-state index in [4.69, 9.17) is 9.47 Å². The third-order valence-electron chi connectivity index (χ3n) is 4.31. The number of aromatic nitrogens is 2. The number of benzene rings is 1. The molecule has 1 aromatic heterocycles. The third-order valence-corrected chi connectivity index (χ3v) is 4.31. The normalized spacial score (nSPS) is 39.1. The van der Waals surface area contributed by atoms with Gasteiger partial charge in [-0.1, -0.05) is 12.1 Å². The average molecular weight is 259 g/mol. The van der Waals surface area contributed by atoms with Crippen LogP contribution in [-0.4, -0.2) is 39.4 Å². The summed E-state index contributed by atoms with van der Waals surface area (Å²) in [5, 5.41) is 13.7. The van der Waals surface area contributed by atoms with Crippen LogP contribution in [0.1, 0.15) is 12.5 Å². The van der Waals surface area contributed by atoms with Gasteiger partial charge in [0.25, 0.3) is 0 Å². The van der Waals surface area contributed by atoms with Crippen molar-refractivity contribution in [3.8, 4) is 0 Å². The second-order valence-corrected chi connectivity index (χ2v) is 5.45. The minimum absolute atomic E-state index is 0.0104. The van der Waals surface area contributed by atoms with Crippen molar-refractivity contribution < 1.29 is 14.6 Å². The number of nitrogens with zero attached hydrogens (tertiary/aromatic N) is 2. The van der Waals surface area contributed by atoms with Crippen LogP contribution in [0.2, 0.25) is 0 Å². The zero-order valence-electron chi connectivity index (χ0n) is 10.1. The van der Waals surface area contributed by atoms with Gasteiger partial charge in [0.2, 0.25) is 12.2 Å². The molecule has 3 aliphatic heterocycles. The number of imidazole rings is 1. The first-order valence-corrected chi connectivity index (χ1v) is 6.49. The first-order chi connectivity index (χ1) is 9.24. The van der Waals surface area contributed by atoms with Crippen LogP contribution in [0.15, 0.2) is 24.3 Å². The van der Waals surface area contributed by atoms with Crippen LogP contribution in [0.4, 0.5) is 5.95 Å². The van der Waals surface area contributed by atoms with E-state index >= 15 is 0 Å². The summed E-state index contributed by atoms with van der Waals surface area (Å²) < 4.78 is 13.4. The molecular formula is C13H13N3O3. The second-order valence-electron chi connectivity index (χ2n) is 5.45. The molecule has 0 spiro atoms. The number of nitrogens with one attached hydrogen (secondary N) is 1. The minimum Gasteiger partial charge on any atom is -0.366 e. The van der Waals surface area contributed by atoms with Crippen molar-refractivity contribution >= 4 is 17.0 Å². The molecule has 19 heavy (non-hydrogen) atoms. The van der Waals surface area contributed by atoms with Gasteiger partial charge in [0.1, 0.15) is 6.10 Å². The summed E-state index contributed by atoms with van der Waals surface area (Å²) in [6, 6.07) is 8.04. The van der Waals surface area contributed by atoms with Crippen LogP contribution in [0, 0.1) is 0 Å². The molecule has 98 valence electrons.